The summed E-state index contributed by atoms with van der Waals surface area (Å²) in [6.45, 7) is 2.18. The number of rotatable bonds is 11. The van der Waals surface area contributed by atoms with E-state index < -0.39 is 40.1 Å². The van der Waals surface area contributed by atoms with E-state index in [0.29, 0.717) is 52.4 Å². The fourth-order valence-electron chi connectivity index (χ4n) is 6.38. The van der Waals surface area contributed by atoms with Crippen molar-refractivity contribution < 1.29 is 27.8 Å². The van der Waals surface area contributed by atoms with Crippen molar-refractivity contribution in [2.45, 2.75) is 50.4 Å². The van der Waals surface area contributed by atoms with Gasteiger partial charge in [-0.05, 0) is 43.7 Å². The number of fused-ring (bicyclic) bond motifs is 1. The summed E-state index contributed by atoms with van der Waals surface area (Å²) in [7, 11) is -0.640. The van der Waals surface area contributed by atoms with Crippen LogP contribution < -0.4 is 0 Å². The molecule has 0 atom stereocenters. The van der Waals surface area contributed by atoms with Gasteiger partial charge in [0.25, 0.3) is 5.91 Å². The van der Waals surface area contributed by atoms with E-state index in [1.54, 1.807) is 6.20 Å². The molecule has 0 radical (unpaired) electrons. The van der Waals surface area contributed by atoms with Gasteiger partial charge in [-0.2, -0.15) is 23.5 Å². The van der Waals surface area contributed by atoms with E-state index in [-0.39, 0.29) is 23.9 Å². The summed E-state index contributed by atoms with van der Waals surface area (Å²) < 4.78 is 49.6. The number of nitrogens with zero attached hydrogens (tertiary/aromatic N) is 10. The molecule has 262 valence electrons. The summed E-state index contributed by atoms with van der Waals surface area (Å²) in [4.78, 5) is 32.6. The van der Waals surface area contributed by atoms with Crippen molar-refractivity contribution in [3.05, 3.63) is 54.3 Å². The molecule has 0 saturated carbocycles. The summed E-state index contributed by atoms with van der Waals surface area (Å²) in [6, 6.07) is 5.52. The first kappa shape index (κ1) is 34.7. The number of hydrogen-bond acceptors (Lipinski definition) is 10. The van der Waals surface area contributed by atoms with Gasteiger partial charge in [-0.15, -0.1) is 0 Å². The predicted octanol–water partition coefficient (Wildman–Crippen LogP) is 3.49. The van der Waals surface area contributed by atoms with Crippen molar-refractivity contribution in [3.8, 4) is 17.3 Å². The Hall–Kier alpha value is -4.11. The predicted molar refractivity (Wildman–Crippen MR) is 177 cm³/mol. The van der Waals surface area contributed by atoms with Crippen LogP contribution in [0.15, 0.2) is 37.1 Å². The van der Waals surface area contributed by atoms with Crippen LogP contribution in [0.1, 0.15) is 41.3 Å². The Balaban J connectivity index is 1.09. The number of nitriles is 1. The van der Waals surface area contributed by atoms with Gasteiger partial charge in [-0.25, -0.2) is 30.0 Å². The van der Waals surface area contributed by atoms with E-state index in [1.807, 2.05) is 27.7 Å². The minimum atomic E-state index is -4.84. The van der Waals surface area contributed by atoms with Gasteiger partial charge in [0.05, 0.1) is 43.3 Å². The number of ether oxygens (including phenoxy) is 1. The molecule has 2 saturated heterocycles. The first-order valence-electron chi connectivity index (χ1n) is 15.9. The van der Waals surface area contributed by atoms with Crippen LogP contribution >= 0.6 is 10.0 Å². The first-order chi connectivity index (χ1) is 23.3. The Morgan fingerprint density at radius 3 is 2.61 bits per heavy atom. The molecule has 1 N–H and O–H groups in total. The lowest BCUT2D eigenvalue weighted by Crippen LogP contribution is -2.66. The van der Waals surface area contributed by atoms with E-state index in [2.05, 4.69) is 54.8 Å². The highest BCUT2D eigenvalue weighted by atomic mass is 32.3. The van der Waals surface area contributed by atoms with Crippen LogP contribution in [0.3, 0.4) is 0 Å². The van der Waals surface area contributed by atoms with Crippen molar-refractivity contribution in [2.75, 3.05) is 57.3 Å². The number of likely N-dealkylation sites (tertiary alicyclic amines) is 2. The fraction of sp³-hybridized carbons (Fsp3) is 0.531. The Kier molecular flexibility index (Phi) is 9.68. The van der Waals surface area contributed by atoms with E-state index in [0.717, 1.165) is 34.1 Å². The normalized spacial score (nSPS) is 17.6. The maximum atomic E-state index is 13.3. The third-order valence-corrected chi connectivity index (χ3v) is 10.4. The van der Waals surface area contributed by atoms with Gasteiger partial charge < -0.3 is 19.3 Å². The highest BCUT2D eigenvalue weighted by Crippen LogP contribution is 2.38. The number of hydrogen-bond donors (Lipinski definition) is 1. The lowest BCUT2D eigenvalue weighted by Gasteiger charge is -2.53. The smallest absolute Gasteiger partial charge is 0.390 e. The minimum Gasteiger partial charge on any atom is -0.390 e. The van der Waals surface area contributed by atoms with Crippen molar-refractivity contribution in [1.29, 1.82) is 5.26 Å². The van der Waals surface area contributed by atoms with Crippen LogP contribution in [0.4, 0.5) is 13.2 Å². The SMILES string of the molecule is CS(C)(C)CCOCn1ccc2c(-c3cnn(C4(CC#N)CN(C5CCN(C(=O)c6cc(CO)nc(C(F)(F)F)n6)CC5)C4)c3)ncnc21. The molecule has 1 amide bonds. The zero-order valence-electron chi connectivity index (χ0n) is 27.6. The summed E-state index contributed by atoms with van der Waals surface area (Å²) in [5.41, 5.74) is 1.13. The average molecular weight is 701 g/mol. The number of aromatic nitrogens is 7. The maximum absolute atomic E-state index is 13.3. The van der Waals surface area contributed by atoms with E-state index in [1.165, 1.54) is 11.2 Å². The monoisotopic (exact) mass is 700 g/mol. The van der Waals surface area contributed by atoms with Gasteiger partial charge in [0, 0.05) is 61.3 Å². The molecular formula is C32H39F3N10O3S. The molecule has 49 heavy (non-hydrogen) atoms. The Morgan fingerprint density at radius 1 is 1.18 bits per heavy atom. The number of amides is 1. The zero-order chi connectivity index (χ0) is 35.0. The molecule has 4 aromatic rings. The Bertz CT molecular complexity index is 1850. The van der Waals surface area contributed by atoms with Crippen molar-refractivity contribution in [3.63, 3.8) is 0 Å². The maximum Gasteiger partial charge on any atom is 0.451 e. The molecule has 0 unspecified atom stereocenters. The zero-order valence-corrected chi connectivity index (χ0v) is 28.4. The number of aliphatic hydroxyl groups is 1. The van der Waals surface area contributed by atoms with E-state index in [9.17, 15) is 28.3 Å². The molecule has 6 heterocycles. The molecular weight excluding hydrogens is 661 g/mol. The van der Waals surface area contributed by atoms with Gasteiger partial charge >= 0.3 is 6.18 Å². The second kappa shape index (κ2) is 13.7. The molecule has 2 aliphatic rings. The summed E-state index contributed by atoms with van der Waals surface area (Å²) >= 11 is 0. The van der Waals surface area contributed by atoms with E-state index >= 15 is 0 Å². The number of alkyl halides is 3. The quantitative estimate of drug-likeness (QED) is 0.230. The molecule has 0 aliphatic carbocycles. The molecule has 0 spiro atoms. The van der Waals surface area contributed by atoms with E-state index in [4.69, 9.17) is 4.74 Å². The molecule has 4 aromatic heterocycles. The molecule has 17 heteroatoms. The Labute approximate surface area is 283 Å². The van der Waals surface area contributed by atoms with Gasteiger partial charge in [0.1, 0.15) is 29.9 Å². The lowest BCUT2D eigenvalue weighted by molar-refractivity contribution is -0.145. The third kappa shape index (κ3) is 7.42. The molecule has 2 fully saturated rings. The topological polar surface area (TPSA) is 151 Å². The van der Waals surface area contributed by atoms with Crippen molar-refractivity contribution in [1.82, 2.24) is 44.1 Å². The molecule has 0 aromatic carbocycles. The highest BCUT2D eigenvalue weighted by molar-refractivity contribution is 8.32. The van der Waals surface area contributed by atoms with Crippen LogP contribution in [-0.4, -0.2) is 118 Å². The van der Waals surface area contributed by atoms with Crippen LogP contribution in [0.5, 0.6) is 0 Å². The van der Waals surface area contributed by atoms with Gasteiger partial charge in [0.15, 0.2) is 0 Å². The average Bonchev–Trinajstić information content (AvgIpc) is 3.71. The highest BCUT2D eigenvalue weighted by Gasteiger charge is 2.48. The number of piperidine rings is 1. The number of aliphatic hydroxyl groups excluding tert-OH is 1. The molecule has 13 nitrogen and oxygen atoms in total. The number of halogens is 3. The fourth-order valence-corrected chi connectivity index (χ4v) is 7.00. The summed E-state index contributed by atoms with van der Waals surface area (Å²) in [5.74, 6) is -1.05. The van der Waals surface area contributed by atoms with Crippen molar-refractivity contribution >= 4 is 27.0 Å². The number of carbonyl (C=O) groups is 1. The summed E-state index contributed by atoms with van der Waals surface area (Å²) in [5, 5.41) is 24.7. The summed E-state index contributed by atoms with van der Waals surface area (Å²) in [6.07, 6.45) is 10.6. The number of carbonyl (C=O) groups excluding carboxylic acids is 1. The first-order valence-corrected chi connectivity index (χ1v) is 18.9. The molecule has 2 aliphatic heterocycles. The Morgan fingerprint density at radius 2 is 1.94 bits per heavy atom. The van der Waals surface area contributed by atoms with Gasteiger partial charge in [0.2, 0.25) is 5.82 Å². The second-order valence-electron chi connectivity index (χ2n) is 13.5. The molecule has 6 rings (SSSR count). The molecule has 0 bridgehead atoms. The van der Waals surface area contributed by atoms with Crippen LogP contribution in [0.25, 0.3) is 22.3 Å². The van der Waals surface area contributed by atoms with Gasteiger partial charge in [-0.1, -0.05) is 0 Å². The lowest BCUT2D eigenvalue weighted by atomic mass is 9.83. The minimum absolute atomic E-state index is 0.128. The third-order valence-electron chi connectivity index (χ3n) is 9.05. The van der Waals surface area contributed by atoms with Crippen LogP contribution in [0, 0.1) is 11.3 Å². The standard InChI is InChI=1S/C32H39F3N10O3S/c1-49(2,3)13-12-48-21-43-11-6-25-27(37-20-38-28(25)43)22-15-39-45(16-22)31(7-8-36)18-44(19-31)24-4-9-42(10-5-24)29(47)26-14-23(17-46)40-30(41-26)32(33,34)35/h6,11,14-16,20,24,46H,4-5,7,9-10,12-13,17-19,21H2,1-3H3. The van der Waals surface area contributed by atoms with Crippen LogP contribution in [-0.2, 0) is 29.8 Å². The van der Waals surface area contributed by atoms with Gasteiger partial charge in [-0.3, -0.25) is 14.4 Å². The van der Waals surface area contributed by atoms with Crippen molar-refractivity contribution in [2.24, 2.45) is 0 Å². The second-order valence-corrected chi connectivity index (χ2v) is 18.1. The van der Waals surface area contributed by atoms with Crippen LogP contribution in [0.2, 0.25) is 0 Å². The largest absolute Gasteiger partial charge is 0.451 e.